The van der Waals surface area contributed by atoms with Crippen molar-refractivity contribution in [1.82, 2.24) is 9.38 Å². The van der Waals surface area contributed by atoms with Gasteiger partial charge in [-0.05, 0) is 42.5 Å². The zero-order valence-corrected chi connectivity index (χ0v) is 19.7. The molecule has 166 valence electrons. The number of aromatic nitrogens is 2. The van der Waals surface area contributed by atoms with Gasteiger partial charge in [0.25, 0.3) is 5.56 Å². The Morgan fingerprint density at radius 1 is 0.970 bits per heavy atom. The average Bonchev–Trinajstić information content (AvgIpc) is 3.32. The highest BCUT2D eigenvalue weighted by molar-refractivity contribution is 7.15. The molecule has 0 spiro atoms. The average molecular weight is 497 g/mol. The Labute approximate surface area is 203 Å². The van der Waals surface area contributed by atoms with Gasteiger partial charge in [-0.2, -0.15) is 0 Å². The van der Waals surface area contributed by atoms with E-state index in [0.717, 1.165) is 16.8 Å². The zero-order valence-electron chi connectivity index (χ0n) is 17.3. The van der Waals surface area contributed by atoms with Crippen molar-refractivity contribution in [3.8, 4) is 11.5 Å². The van der Waals surface area contributed by atoms with Gasteiger partial charge >= 0.3 is 0 Å². The van der Waals surface area contributed by atoms with Crippen LogP contribution in [-0.4, -0.2) is 22.6 Å². The van der Waals surface area contributed by atoms with Crippen molar-refractivity contribution in [1.29, 1.82) is 0 Å². The van der Waals surface area contributed by atoms with Gasteiger partial charge in [0, 0.05) is 17.0 Å². The van der Waals surface area contributed by atoms with Crippen LogP contribution in [0.1, 0.15) is 12.0 Å². The van der Waals surface area contributed by atoms with Crippen molar-refractivity contribution in [2.24, 2.45) is 0 Å². The van der Waals surface area contributed by atoms with E-state index in [1.807, 2.05) is 54.6 Å². The maximum Gasteiger partial charge on any atom is 0.274 e. The van der Waals surface area contributed by atoms with Crippen LogP contribution in [0.25, 0.3) is 22.1 Å². The van der Waals surface area contributed by atoms with E-state index in [0.29, 0.717) is 50.5 Å². The number of imidazole rings is 1. The van der Waals surface area contributed by atoms with Crippen molar-refractivity contribution in [2.45, 2.75) is 6.42 Å². The summed E-state index contributed by atoms with van der Waals surface area (Å²) < 4.78 is 13.8. The highest BCUT2D eigenvalue weighted by Crippen LogP contribution is 2.33. The van der Waals surface area contributed by atoms with E-state index < -0.39 is 0 Å². The third-order valence-electron chi connectivity index (χ3n) is 5.02. The minimum atomic E-state index is -0.137. The molecule has 0 saturated heterocycles. The SMILES string of the molecule is O=c1/c(=C/c2cc(Cl)cc(Cl)c2OCCCOc2ccccc2)sc2nc3ccccc3n12. The number of rotatable bonds is 7. The van der Waals surface area contributed by atoms with Crippen molar-refractivity contribution in [3.63, 3.8) is 0 Å². The fourth-order valence-corrected chi connectivity index (χ4v) is 5.07. The lowest BCUT2D eigenvalue weighted by atomic mass is 10.2. The molecule has 0 radical (unpaired) electrons. The summed E-state index contributed by atoms with van der Waals surface area (Å²) in [5.74, 6) is 1.30. The topological polar surface area (TPSA) is 52.8 Å². The maximum atomic E-state index is 13.1. The van der Waals surface area contributed by atoms with E-state index >= 15 is 0 Å². The van der Waals surface area contributed by atoms with Gasteiger partial charge in [0.15, 0.2) is 4.96 Å². The largest absolute Gasteiger partial charge is 0.493 e. The van der Waals surface area contributed by atoms with Crippen molar-refractivity contribution in [2.75, 3.05) is 13.2 Å². The number of hydrogen-bond donors (Lipinski definition) is 0. The van der Waals surface area contributed by atoms with Crippen LogP contribution < -0.4 is 19.6 Å². The number of benzene rings is 3. The standard InChI is InChI=1S/C25H18Cl2N2O3S/c26-17-13-16(14-22-24(30)29-21-10-5-4-9-20(21)28-25(29)33-22)23(19(27)15-17)32-12-6-11-31-18-7-2-1-3-8-18/h1-5,7-10,13-15H,6,11-12H2/b22-14-. The first-order valence-corrected chi connectivity index (χ1v) is 11.9. The molecule has 2 aromatic heterocycles. The summed E-state index contributed by atoms with van der Waals surface area (Å²) in [6.07, 6.45) is 2.42. The Balaban J connectivity index is 1.41. The lowest BCUT2D eigenvalue weighted by Crippen LogP contribution is -2.22. The smallest absolute Gasteiger partial charge is 0.274 e. The number of fused-ring (bicyclic) bond motifs is 3. The monoisotopic (exact) mass is 496 g/mol. The Morgan fingerprint density at radius 3 is 2.58 bits per heavy atom. The molecule has 0 fully saturated rings. The van der Waals surface area contributed by atoms with Gasteiger partial charge in [0.05, 0.1) is 33.8 Å². The normalized spacial score (nSPS) is 12.0. The van der Waals surface area contributed by atoms with Crippen LogP contribution in [0.5, 0.6) is 11.5 Å². The number of hydrogen-bond acceptors (Lipinski definition) is 5. The first kappa shape index (κ1) is 21.8. The fraction of sp³-hybridized carbons (Fsp3) is 0.120. The molecule has 5 rings (SSSR count). The van der Waals surface area contributed by atoms with Crippen LogP contribution in [0.3, 0.4) is 0 Å². The fourth-order valence-electron chi connectivity index (χ4n) is 3.53. The summed E-state index contributed by atoms with van der Waals surface area (Å²) >= 11 is 14.0. The molecule has 0 N–H and O–H groups in total. The Morgan fingerprint density at radius 2 is 1.73 bits per heavy atom. The summed E-state index contributed by atoms with van der Waals surface area (Å²) in [7, 11) is 0. The molecule has 0 bridgehead atoms. The molecular formula is C25H18Cl2N2O3S. The van der Waals surface area contributed by atoms with Crippen LogP contribution in [0.2, 0.25) is 10.0 Å². The van der Waals surface area contributed by atoms with E-state index in [1.165, 1.54) is 11.3 Å². The molecule has 0 aliphatic carbocycles. The summed E-state index contributed by atoms with van der Waals surface area (Å²) in [4.78, 5) is 18.3. The van der Waals surface area contributed by atoms with E-state index in [1.54, 1.807) is 22.6 Å². The molecule has 3 aromatic carbocycles. The molecule has 8 heteroatoms. The second kappa shape index (κ2) is 9.43. The maximum absolute atomic E-state index is 13.1. The number of thiazole rings is 1. The Hall–Kier alpha value is -3.06. The molecular weight excluding hydrogens is 479 g/mol. The van der Waals surface area contributed by atoms with Crippen molar-refractivity contribution < 1.29 is 9.47 Å². The number of halogens is 2. The summed E-state index contributed by atoms with van der Waals surface area (Å²) in [5, 5.41) is 0.849. The predicted molar refractivity (Wildman–Crippen MR) is 134 cm³/mol. The molecule has 0 atom stereocenters. The Bertz CT molecular complexity index is 1550. The van der Waals surface area contributed by atoms with E-state index in [9.17, 15) is 4.79 Å². The first-order chi connectivity index (χ1) is 16.1. The summed E-state index contributed by atoms with van der Waals surface area (Å²) in [5.41, 5.74) is 2.08. The van der Waals surface area contributed by atoms with Crippen LogP contribution in [-0.2, 0) is 0 Å². The number of para-hydroxylation sites is 3. The van der Waals surface area contributed by atoms with Crippen LogP contribution in [0.15, 0.2) is 71.5 Å². The zero-order chi connectivity index (χ0) is 22.8. The van der Waals surface area contributed by atoms with E-state index in [2.05, 4.69) is 4.98 Å². The molecule has 33 heavy (non-hydrogen) atoms. The highest BCUT2D eigenvalue weighted by Gasteiger charge is 2.13. The van der Waals surface area contributed by atoms with Crippen molar-refractivity contribution >= 4 is 56.6 Å². The molecule has 0 amide bonds. The quantitative estimate of drug-likeness (QED) is 0.274. The molecule has 0 saturated carbocycles. The molecule has 5 aromatic rings. The van der Waals surface area contributed by atoms with Gasteiger partial charge in [-0.25, -0.2) is 9.38 Å². The lowest BCUT2D eigenvalue weighted by Gasteiger charge is -2.12. The molecule has 0 unspecified atom stereocenters. The molecule has 5 nitrogen and oxygen atoms in total. The summed E-state index contributed by atoms with van der Waals surface area (Å²) in [6, 6.07) is 20.5. The van der Waals surface area contributed by atoms with E-state index in [4.69, 9.17) is 32.7 Å². The number of nitrogens with zero attached hydrogens (tertiary/aromatic N) is 2. The predicted octanol–water partition coefficient (Wildman–Crippen LogP) is 5.61. The van der Waals surface area contributed by atoms with Gasteiger partial charge in [-0.1, -0.05) is 64.9 Å². The second-order valence-electron chi connectivity index (χ2n) is 7.30. The van der Waals surface area contributed by atoms with Gasteiger partial charge < -0.3 is 9.47 Å². The second-order valence-corrected chi connectivity index (χ2v) is 9.16. The number of ether oxygens (including phenoxy) is 2. The minimum Gasteiger partial charge on any atom is -0.493 e. The third kappa shape index (κ3) is 4.55. The third-order valence-corrected chi connectivity index (χ3v) is 6.48. The lowest BCUT2D eigenvalue weighted by molar-refractivity contribution is 0.247. The van der Waals surface area contributed by atoms with Gasteiger partial charge in [-0.15, -0.1) is 0 Å². The van der Waals surface area contributed by atoms with Crippen molar-refractivity contribution in [3.05, 3.63) is 97.2 Å². The highest BCUT2D eigenvalue weighted by atomic mass is 35.5. The molecule has 0 aliphatic heterocycles. The van der Waals surface area contributed by atoms with Gasteiger partial charge in [0.1, 0.15) is 11.5 Å². The first-order valence-electron chi connectivity index (χ1n) is 10.3. The molecule has 2 heterocycles. The summed E-state index contributed by atoms with van der Waals surface area (Å²) in [6.45, 7) is 0.909. The van der Waals surface area contributed by atoms with Gasteiger partial charge in [-0.3, -0.25) is 4.79 Å². The van der Waals surface area contributed by atoms with E-state index in [-0.39, 0.29) is 5.56 Å². The Kier molecular flexibility index (Phi) is 6.22. The van der Waals surface area contributed by atoms with Crippen LogP contribution in [0.4, 0.5) is 0 Å². The van der Waals surface area contributed by atoms with Crippen LogP contribution in [0, 0.1) is 0 Å². The molecule has 0 aliphatic rings. The van der Waals surface area contributed by atoms with Crippen LogP contribution >= 0.6 is 34.5 Å². The minimum absolute atomic E-state index is 0.137. The van der Waals surface area contributed by atoms with Gasteiger partial charge in [0.2, 0.25) is 0 Å².